The first-order chi connectivity index (χ1) is 7.20. The van der Waals surface area contributed by atoms with Crippen LogP contribution in [0.3, 0.4) is 0 Å². The summed E-state index contributed by atoms with van der Waals surface area (Å²) < 4.78 is 15.1. The Morgan fingerprint density at radius 3 is 2.67 bits per heavy atom. The Morgan fingerprint density at radius 2 is 2.07 bits per heavy atom. The highest BCUT2D eigenvalue weighted by atomic mass is 127. The number of nitrogens with two attached hydrogens (primary N) is 1. The number of carbonyl (C=O) groups excluding carboxylic acids is 1. The van der Waals surface area contributed by atoms with E-state index >= 15 is 0 Å². The molecule has 5 nitrogen and oxygen atoms in total. The van der Waals surface area contributed by atoms with Gasteiger partial charge in [-0.2, -0.15) is 0 Å². The Balaban J connectivity index is 3.11. The normalized spacial score (nSPS) is 12.1. The minimum Gasteiger partial charge on any atom is -0.460 e. The fourth-order valence-corrected chi connectivity index (χ4v) is 0.919. The molecule has 0 saturated carbocycles. The lowest BCUT2D eigenvalue weighted by molar-refractivity contribution is -0.139. The number of ether oxygens (including phenoxy) is 3. The summed E-state index contributed by atoms with van der Waals surface area (Å²) in [7, 11) is 0. The molecule has 0 amide bonds. The van der Waals surface area contributed by atoms with Crippen molar-refractivity contribution < 1.29 is 19.0 Å². The maximum absolute atomic E-state index is 10.6. The van der Waals surface area contributed by atoms with E-state index in [1.54, 1.807) is 0 Å². The first-order valence-corrected chi connectivity index (χ1v) is 5.78. The summed E-state index contributed by atoms with van der Waals surface area (Å²) in [6, 6.07) is 0. The molecule has 0 aromatic rings. The lowest BCUT2D eigenvalue weighted by Gasteiger charge is -2.09. The molecule has 0 fully saturated rings. The van der Waals surface area contributed by atoms with Gasteiger partial charge in [0.15, 0.2) is 0 Å². The molecule has 0 heterocycles. The topological polar surface area (TPSA) is 70.8 Å². The molecular formula is C9H16INO4. The van der Waals surface area contributed by atoms with E-state index < -0.39 is 5.97 Å². The van der Waals surface area contributed by atoms with Gasteiger partial charge in [0.25, 0.3) is 0 Å². The number of hydrogen-bond donors (Lipinski definition) is 1. The molecule has 0 aromatic carbocycles. The third-order valence-electron chi connectivity index (χ3n) is 1.35. The highest BCUT2D eigenvalue weighted by molar-refractivity contribution is 14.1. The molecule has 0 aliphatic rings. The van der Waals surface area contributed by atoms with Crippen LogP contribution in [0.4, 0.5) is 0 Å². The van der Waals surface area contributed by atoms with E-state index in [4.69, 9.17) is 19.9 Å². The average molecular weight is 329 g/mol. The smallest absolute Gasteiger partial charge is 0.330 e. The van der Waals surface area contributed by atoms with E-state index in [1.165, 1.54) is 0 Å². The van der Waals surface area contributed by atoms with Crippen molar-refractivity contribution in [2.75, 3.05) is 33.0 Å². The second kappa shape index (κ2) is 10.3. The molecule has 0 aromatic heterocycles. The Labute approximate surface area is 103 Å². The van der Waals surface area contributed by atoms with Crippen molar-refractivity contribution in [3.63, 3.8) is 0 Å². The Hall–Kier alpha value is -0.180. The Morgan fingerprint density at radius 1 is 1.40 bits per heavy atom. The number of rotatable bonds is 9. The zero-order valence-corrected chi connectivity index (χ0v) is 10.6. The van der Waals surface area contributed by atoms with Crippen molar-refractivity contribution in [1.82, 2.24) is 0 Å². The fourth-order valence-electron chi connectivity index (χ4n) is 0.665. The van der Waals surface area contributed by atoms with E-state index in [1.807, 2.05) is 0 Å². The highest BCUT2D eigenvalue weighted by Gasteiger charge is 1.99. The molecule has 0 radical (unpaired) electrons. The SMILES string of the molecule is C=CC(=O)OCCOCCOC(I)CN. The van der Waals surface area contributed by atoms with Gasteiger partial charge in [0, 0.05) is 12.6 Å². The van der Waals surface area contributed by atoms with Crippen LogP contribution in [0.25, 0.3) is 0 Å². The van der Waals surface area contributed by atoms with Gasteiger partial charge in [-0.15, -0.1) is 0 Å². The summed E-state index contributed by atoms with van der Waals surface area (Å²) in [5.41, 5.74) is 5.34. The van der Waals surface area contributed by atoms with Crippen LogP contribution >= 0.6 is 22.6 Å². The number of halogens is 1. The van der Waals surface area contributed by atoms with E-state index in [0.717, 1.165) is 6.08 Å². The standard InChI is InChI=1S/C9H16INO4/c1-2-9(12)15-6-4-13-3-5-14-8(10)7-11/h2,8H,1,3-7,11H2. The molecule has 88 valence electrons. The third-order valence-corrected chi connectivity index (χ3v) is 2.22. The van der Waals surface area contributed by atoms with Crippen LogP contribution in [0, 0.1) is 0 Å². The maximum atomic E-state index is 10.6. The molecule has 6 heteroatoms. The van der Waals surface area contributed by atoms with Crippen LogP contribution in [0.5, 0.6) is 0 Å². The molecule has 1 unspecified atom stereocenters. The summed E-state index contributed by atoms with van der Waals surface area (Å²) in [6.45, 7) is 5.29. The maximum Gasteiger partial charge on any atom is 0.330 e. The highest BCUT2D eigenvalue weighted by Crippen LogP contribution is 1.98. The van der Waals surface area contributed by atoms with Gasteiger partial charge in [-0.1, -0.05) is 6.58 Å². The first-order valence-electron chi connectivity index (χ1n) is 4.53. The Kier molecular flexibility index (Phi) is 10.2. The van der Waals surface area contributed by atoms with E-state index in [0.29, 0.717) is 26.4 Å². The largest absolute Gasteiger partial charge is 0.460 e. The van der Waals surface area contributed by atoms with Gasteiger partial charge in [0.05, 0.1) is 19.8 Å². The molecule has 0 aliphatic heterocycles. The second-order valence-electron chi connectivity index (χ2n) is 2.50. The molecule has 0 bridgehead atoms. The summed E-state index contributed by atoms with van der Waals surface area (Å²) in [6.07, 6.45) is 1.12. The minimum absolute atomic E-state index is 0.0183. The molecule has 0 spiro atoms. The zero-order valence-electron chi connectivity index (χ0n) is 8.49. The molecule has 0 saturated heterocycles. The number of carbonyl (C=O) groups is 1. The number of hydrogen-bond acceptors (Lipinski definition) is 5. The van der Waals surface area contributed by atoms with Crippen LogP contribution < -0.4 is 5.73 Å². The predicted octanol–water partition coefficient (Wildman–Crippen LogP) is 0.469. The summed E-state index contributed by atoms with van der Waals surface area (Å²) in [5.74, 6) is -0.440. The van der Waals surface area contributed by atoms with Crippen LogP contribution in [-0.4, -0.2) is 43.1 Å². The van der Waals surface area contributed by atoms with Crippen LogP contribution in [0.1, 0.15) is 0 Å². The van der Waals surface area contributed by atoms with Gasteiger partial charge in [-0.3, -0.25) is 0 Å². The molecule has 0 rings (SSSR count). The minimum atomic E-state index is -0.440. The van der Waals surface area contributed by atoms with E-state index in [-0.39, 0.29) is 10.7 Å². The van der Waals surface area contributed by atoms with Gasteiger partial charge in [-0.05, 0) is 22.6 Å². The van der Waals surface area contributed by atoms with Crippen molar-refractivity contribution in [3.8, 4) is 0 Å². The fraction of sp³-hybridized carbons (Fsp3) is 0.667. The summed E-state index contributed by atoms with van der Waals surface area (Å²) >= 11 is 2.10. The Bertz CT molecular complexity index is 189. The number of esters is 1. The van der Waals surface area contributed by atoms with Crippen molar-refractivity contribution in [3.05, 3.63) is 12.7 Å². The molecular weight excluding hydrogens is 313 g/mol. The summed E-state index contributed by atoms with van der Waals surface area (Å²) in [5, 5.41) is 0. The van der Waals surface area contributed by atoms with Gasteiger partial charge < -0.3 is 19.9 Å². The van der Waals surface area contributed by atoms with Crippen molar-refractivity contribution in [2.45, 2.75) is 4.11 Å². The van der Waals surface area contributed by atoms with Crippen molar-refractivity contribution >= 4 is 28.6 Å². The van der Waals surface area contributed by atoms with Crippen molar-refractivity contribution in [1.29, 1.82) is 0 Å². The second-order valence-corrected chi connectivity index (χ2v) is 3.89. The molecule has 1 atom stereocenters. The average Bonchev–Trinajstić information content (AvgIpc) is 2.26. The summed E-state index contributed by atoms with van der Waals surface area (Å²) in [4.78, 5) is 10.6. The zero-order chi connectivity index (χ0) is 11.5. The molecule has 2 N–H and O–H groups in total. The molecule has 0 aliphatic carbocycles. The van der Waals surface area contributed by atoms with Gasteiger partial charge in [0.1, 0.15) is 10.7 Å². The van der Waals surface area contributed by atoms with E-state index in [2.05, 4.69) is 29.2 Å². The predicted molar refractivity (Wildman–Crippen MR) is 64.8 cm³/mol. The first kappa shape index (κ1) is 14.8. The van der Waals surface area contributed by atoms with Crippen molar-refractivity contribution in [2.24, 2.45) is 5.73 Å². The lowest BCUT2D eigenvalue weighted by atomic mass is 10.6. The molecule has 15 heavy (non-hydrogen) atoms. The quantitative estimate of drug-likeness (QED) is 0.219. The van der Waals surface area contributed by atoms with Gasteiger partial charge >= 0.3 is 5.97 Å². The van der Waals surface area contributed by atoms with Gasteiger partial charge in [-0.25, -0.2) is 4.79 Å². The van der Waals surface area contributed by atoms with Crippen LogP contribution in [-0.2, 0) is 19.0 Å². The monoisotopic (exact) mass is 329 g/mol. The number of alkyl halides is 1. The lowest BCUT2D eigenvalue weighted by Crippen LogP contribution is -2.19. The van der Waals surface area contributed by atoms with Crippen LogP contribution in [0.2, 0.25) is 0 Å². The van der Waals surface area contributed by atoms with Gasteiger partial charge in [0.2, 0.25) is 0 Å². The third kappa shape index (κ3) is 10.1. The van der Waals surface area contributed by atoms with Crippen LogP contribution in [0.15, 0.2) is 12.7 Å². The van der Waals surface area contributed by atoms with E-state index in [9.17, 15) is 4.79 Å².